The maximum Gasteiger partial charge on any atom is 0.213 e. The molecule has 6 heteroatoms. The molecule has 0 amide bonds. The minimum Gasteiger partial charge on any atom is -0.257 e. The molecule has 3 aromatic carbocycles. The molecule has 12 rings (SSSR count). The van der Waals surface area contributed by atoms with Crippen molar-refractivity contribution in [3.63, 3.8) is 0 Å². The van der Waals surface area contributed by atoms with Crippen LogP contribution in [-0.4, -0.2) is 15.0 Å². The van der Waals surface area contributed by atoms with Crippen LogP contribution in [0, 0.1) is 80.4 Å². The molecule has 6 heterocycles. The van der Waals surface area contributed by atoms with Gasteiger partial charge in [0.1, 0.15) is 21.1 Å². The third-order valence-electron chi connectivity index (χ3n) is 15.4. The first-order valence-electron chi connectivity index (χ1n) is 34.0. The number of nitrogens with zero attached hydrogens (tertiary/aromatic N) is 6. The lowest BCUT2D eigenvalue weighted by Gasteiger charge is -2.18. The molecular formula is C73H83N6+3. The molecule has 79 heavy (non-hydrogen) atoms. The molecule has 3 aliphatic rings. The van der Waals surface area contributed by atoms with Gasteiger partial charge in [0, 0.05) is 107 Å². The molecule has 0 saturated heterocycles. The number of rotatable bonds is 6. The topological polar surface area (TPSA) is 50.3 Å². The van der Waals surface area contributed by atoms with Crippen LogP contribution in [0.4, 0.5) is 0 Å². The summed E-state index contributed by atoms with van der Waals surface area (Å²) in [4.78, 5) is 14.1. The van der Waals surface area contributed by atoms with E-state index >= 15 is 0 Å². The fraction of sp³-hybridized carbons (Fsp3) is 0.342. The summed E-state index contributed by atoms with van der Waals surface area (Å²) in [5.74, 6) is -0.163. The average molecular weight is 1060 g/mol. The van der Waals surface area contributed by atoms with Gasteiger partial charge in [-0.2, -0.15) is 0 Å². The van der Waals surface area contributed by atoms with Gasteiger partial charge in [-0.3, -0.25) is 15.0 Å². The summed E-state index contributed by atoms with van der Waals surface area (Å²) in [6.07, 6.45) is 4.70. The van der Waals surface area contributed by atoms with Gasteiger partial charge in [-0.25, -0.2) is 13.7 Å². The number of hydrogen-bond acceptors (Lipinski definition) is 3. The van der Waals surface area contributed by atoms with Gasteiger partial charge in [-0.15, -0.1) is 0 Å². The van der Waals surface area contributed by atoms with Gasteiger partial charge in [0.2, 0.25) is 17.1 Å². The minimum absolute atomic E-state index is 0.163. The lowest BCUT2D eigenvalue weighted by Crippen LogP contribution is -2.31. The van der Waals surface area contributed by atoms with Crippen molar-refractivity contribution in [3.8, 4) is 67.2 Å². The Balaban J connectivity index is 0.000000152. The summed E-state index contributed by atoms with van der Waals surface area (Å²) in [6.45, 7) is 16.7. The number of aromatic nitrogens is 6. The zero-order valence-electron chi connectivity index (χ0n) is 61.8. The Morgan fingerprint density at radius 2 is 0.810 bits per heavy atom. The van der Waals surface area contributed by atoms with E-state index in [0.717, 1.165) is 107 Å². The summed E-state index contributed by atoms with van der Waals surface area (Å²) >= 11 is 0. The molecule has 0 fully saturated rings. The first-order valence-corrected chi connectivity index (χ1v) is 27.5. The van der Waals surface area contributed by atoms with E-state index in [1.165, 1.54) is 22.3 Å². The largest absolute Gasteiger partial charge is 0.257 e. The SMILES string of the molecule is [2H]C([2H])([2H])c1cc(C)nc2c1-c1ccc(C)c(-c3cc(C([2H])([2H])C(C)(C)C)cc[n+]3C)c1C2.[2H]C([2H])([2H])c1cc(C)nc2c1-c1ccc(C)c(-c3cc(C([2H])([2H])C(C)C)cc[n+]3C)c1C2.[2H]C([2H])([2H])c1cc(C)nc2c1-c1ccc(C)c(-c3cc(C)cc[n+]3C)c1C2. The molecule has 9 aromatic rings. The van der Waals surface area contributed by atoms with Crippen LogP contribution >= 0.6 is 0 Å². The van der Waals surface area contributed by atoms with Crippen molar-refractivity contribution in [3.05, 3.63) is 211 Å². The van der Waals surface area contributed by atoms with Crippen molar-refractivity contribution in [1.29, 1.82) is 0 Å². The number of hydrogen-bond donors (Lipinski definition) is 0. The van der Waals surface area contributed by atoms with E-state index in [4.69, 9.17) is 32.8 Å². The lowest BCUT2D eigenvalue weighted by atomic mass is 9.87. The predicted octanol–water partition coefficient (Wildman–Crippen LogP) is 15.3. The number of aryl methyl sites for hydroxylation is 13. The van der Waals surface area contributed by atoms with Crippen molar-refractivity contribution in [2.45, 2.75) is 136 Å². The second kappa shape index (κ2) is 21.3. The zero-order chi connectivity index (χ0) is 67.6. The summed E-state index contributed by atoms with van der Waals surface area (Å²) in [6, 6.07) is 29.1. The van der Waals surface area contributed by atoms with E-state index in [2.05, 4.69) is 48.9 Å². The van der Waals surface area contributed by atoms with Crippen LogP contribution in [0.2, 0.25) is 0 Å². The molecule has 402 valence electrons. The average Bonchev–Trinajstić information content (AvgIpc) is 1.57. The van der Waals surface area contributed by atoms with Crippen molar-refractivity contribution < 1.29 is 31.5 Å². The highest BCUT2D eigenvalue weighted by Crippen LogP contribution is 2.46. The monoisotopic (exact) mass is 1060 g/mol. The molecule has 0 unspecified atom stereocenters. The van der Waals surface area contributed by atoms with Crippen LogP contribution in [0.5, 0.6) is 0 Å². The van der Waals surface area contributed by atoms with Gasteiger partial charge >= 0.3 is 0 Å². The van der Waals surface area contributed by atoms with Gasteiger partial charge < -0.3 is 0 Å². The Bertz CT molecular complexity index is 4470. The lowest BCUT2D eigenvalue weighted by molar-refractivity contribution is -0.660. The van der Waals surface area contributed by atoms with Gasteiger partial charge in [0.25, 0.3) is 0 Å². The Hall–Kier alpha value is -7.44. The standard InChI is InChI=1S/C26H31N2.C25H29N2.C22H23N2/c1-16-8-9-20-21(14-22-24(20)17(2)12-18(3)27-22)25(16)23-13-19(10-11-28(23)7)15-26(4,5)6;1-15(2)11-19-9-10-27(6)23(13-19)25-16(3)7-8-20-21(25)14-22-24(20)17(4)12-18(5)26-22;1-13-8-9-24(5)20(10-13)22-14(2)6-7-17-18(22)12-19-21(17)15(3)11-16(4)23-19/h8-13H,14-15H2,1-7H3;7-10,12-13,15H,11,14H2,1-6H3;6-11H,12H2,1-5H3/q3*+1/i2D3,15D2;4D3,11D2;3D3. The van der Waals surface area contributed by atoms with Crippen LogP contribution < -0.4 is 13.7 Å². The third-order valence-corrected chi connectivity index (χ3v) is 15.4. The van der Waals surface area contributed by atoms with Crippen molar-refractivity contribution in [1.82, 2.24) is 15.0 Å². The Kier molecular flexibility index (Phi) is 11.0. The minimum atomic E-state index is -2.22. The highest BCUT2D eigenvalue weighted by Gasteiger charge is 2.32. The smallest absolute Gasteiger partial charge is 0.213 e. The third kappa shape index (κ3) is 10.8. The molecule has 3 aliphatic carbocycles. The fourth-order valence-electron chi connectivity index (χ4n) is 12.1. The highest BCUT2D eigenvalue weighted by atomic mass is 14.9. The molecule has 0 radical (unpaired) electrons. The van der Waals surface area contributed by atoms with Crippen LogP contribution in [-0.2, 0) is 53.2 Å². The van der Waals surface area contributed by atoms with Gasteiger partial charge in [0.05, 0.1) is 33.8 Å². The van der Waals surface area contributed by atoms with E-state index in [1.54, 1.807) is 18.2 Å². The van der Waals surface area contributed by atoms with E-state index in [0.29, 0.717) is 58.5 Å². The van der Waals surface area contributed by atoms with Crippen molar-refractivity contribution in [2.75, 3.05) is 0 Å². The van der Waals surface area contributed by atoms with Crippen LogP contribution in [0.1, 0.15) is 153 Å². The van der Waals surface area contributed by atoms with Gasteiger partial charge in [0.15, 0.2) is 18.6 Å². The maximum atomic E-state index is 8.77. The normalized spacial score (nSPS) is 15.8. The van der Waals surface area contributed by atoms with Crippen molar-refractivity contribution in [2.24, 2.45) is 32.5 Å². The van der Waals surface area contributed by atoms with E-state index < -0.39 is 38.7 Å². The summed E-state index contributed by atoms with van der Waals surface area (Å²) < 4.78 is 113. The summed E-state index contributed by atoms with van der Waals surface area (Å²) in [7, 11) is 5.97. The quantitative estimate of drug-likeness (QED) is 0.156. The summed E-state index contributed by atoms with van der Waals surface area (Å²) in [5, 5.41) is 0. The molecule has 6 nitrogen and oxygen atoms in total. The highest BCUT2D eigenvalue weighted by molar-refractivity contribution is 5.88. The zero-order valence-corrected chi connectivity index (χ0v) is 48.8. The van der Waals surface area contributed by atoms with Crippen LogP contribution in [0.15, 0.2) is 110 Å². The molecular weight excluding hydrogens is 961 g/mol. The second-order valence-electron chi connectivity index (χ2n) is 23.5. The van der Waals surface area contributed by atoms with Crippen LogP contribution in [0.25, 0.3) is 67.2 Å². The first kappa shape index (κ1) is 40.7. The molecule has 0 saturated carbocycles. The van der Waals surface area contributed by atoms with E-state index in [9.17, 15) is 0 Å². The number of fused-ring (bicyclic) bond motifs is 9. The second-order valence-corrected chi connectivity index (χ2v) is 23.5. The fourth-order valence-corrected chi connectivity index (χ4v) is 12.1. The Morgan fingerprint density at radius 1 is 0.456 bits per heavy atom. The van der Waals surface area contributed by atoms with Gasteiger partial charge in [-0.1, -0.05) is 71.0 Å². The molecule has 0 aliphatic heterocycles. The molecule has 0 spiro atoms. The number of pyridine rings is 6. The first-order chi connectivity index (χ1) is 42.6. The van der Waals surface area contributed by atoms with Gasteiger partial charge in [-0.05, 0) is 195 Å². The predicted molar refractivity (Wildman–Crippen MR) is 326 cm³/mol. The molecule has 0 atom stereocenters. The molecule has 6 aromatic heterocycles. The Morgan fingerprint density at radius 3 is 1.18 bits per heavy atom. The number of benzene rings is 3. The summed E-state index contributed by atoms with van der Waals surface area (Å²) in [5.41, 5.74) is 25.6. The van der Waals surface area contributed by atoms with Crippen LogP contribution in [0.3, 0.4) is 0 Å². The Labute approximate surface area is 490 Å². The van der Waals surface area contributed by atoms with Crippen molar-refractivity contribution >= 4 is 0 Å². The maximum absolute atomic E-state index is 8.77. The van der Waals surface area contributed by atoms with E-state index in [-0.39, 0.29) is 5.92 Å². The molecule has 0 bridgehead atoms. The van der Waals surface area contributed by atoms with E-state index in [1.807, 2.05) is 160 Å². The molecule has 0 N–H and O–H groups in total.